The predicted molar refractivity (Wildman–Crippen MR) is 55.5 cm³/mol. The Morgan fingerprint density at radius 3 is 2.33 bits per heavy atom. The first-order valence-electron chi connectivity index (χ1n) is 5.17. The van der Waals surface area contributed by atoms with E-state index in [0.717, 1.165) is 0 Å². The van der Waals surface area contributed by atoms with Gasteiger partial charge in [-0.15, -0.1) is 0 Å². The SMILES string of the molecule is CC(=O)N1CCN(C(C)C)C(C(=O)O)C1. The highest BCUT2D eigenvalue weighted by Gasteiger charge is 2.34. The maximum absolute atomic E-state index is 11.2. The number of carbonyl (C=O) groups is 2. The van der Waals surface area contributed by atoms with Crippen molar-refractivity contribution in [2.24, 2.45) is 0 Å². The van der Waals surface area contributed by atoms with Crippen LogP contribution in [0.5, 0.6) is 0 Å². The van der Waals surface area contributed by atoms with E-state index < -0.39 is 12.0 Å². The zero-order valence-corrected chi connectivity index (χ0v) is 9.43. The van der Waals surface area contributed by atoms with Gasteiger partial charge >= 0.3 is 5.97 Å². The molecular formula is C10H18N2O3. The lowest BCUT2D eigenvalue weighted by molar-refractivity contribution is -0.149. The van der Waals surface area contributed by atoms with Crippen LogP contribution in [-0.4, -0.2) is 58.5 Å². The fourth-order valence-corrected chi connectivity index (χ4v) is 1.92. The predicted octanol–water partition coefficient (Wildman–Crippen LogP) is 0.0121. The van der Waals surface area contributed by atoms with Crippen molar-refractivity contribution in [1.29, 1.82) is 0 Å². The summed E-state index contributed by atoms with van der Waals surface area (Å²) in [6.07, 6.45) is 0. The molecule has 0 aromatic carbocycles. The lowest BCUT2D eigenvalue weighted by Gasteiger charge is -2.41. The van der Waals surface area contributed by atoms with E-state index in [9.17, 15) is 9.59 Å². The molecule has 1 unspecified atom stereocenters. The number of hydrogen-bond acceptors (Lipinski definition) is 3. The van der Waals surface area contributed by atoms with Gasteiger partial charge in [-0.3, -0.25) is 14.5 Å². The van der Waals surface area contributed by atoms with Crippen LogP contribution in [0.2, 0.25) is 0 Å². The van der Waals surface area contributed by atoms with Crippen LogP contribution in [0.15, 0.2) is 0 Å². The van der Waals surface area contributed by atoms with Gasteiger partial charge in [0.2, 0.25) is 5.91 Å². The molecule has 15 heavy (non-hydrogen) atoms. The van der Waals surface area contributed by atoms with Gasteiger partial charge in [-0.2, -0.15) is 0 Å². The highest BCUT2D eigenvalue weighted by atomic mass is 16.4. The van der Waals surface area contributed by atoms with Crippen LogP contribution in [0.4, 0.5) is 0 Å². The summed E-state index contributed by atoms with van der Waals surface area (Å²) in [5.74, 6) is -0.903. The number of hydrogen-bond donors (Lipinski definition) is 1. The Bertz CT molecular complexity index is 265. The summed E-state index contributed by atoms with van der Waals surface area (Å²) < 4.78 is 0. The molecule has 0 aromatic heterocycles. The number of rotatable bonds is 2. The lowest BCUT2D eigenvalue weighted by atomic mass is 10.1. The molecule has 1 heterocycles. The van der Waals surface area contributed by atoms with Gasteiger partial charge in [0.05, 0.1) is 0 Å². The molecule has 86 valence electrons. The summed E-state index contributed by atoms with van der Waals surface area (Å²) in [4.78, 5) is 25.7. The van der Waals surface area contributed by atoms with E-state index in [1.807, 2.05) is 18.7 Å². The van der Waals surface area contributed by atoms with Crippen LogP contribution >= 0.6 is 0 Å². The Kier molecular flexibility index (Phi) is 3.68. The molecule has 5 heteroatoms. The van der Waals surface area contributed by atoms with Crippen molar-refractivity contribution in [3.8, 4) is 0 Å². The minimum absolute atomic E-state index is 0.0512. The van der Waals surface area contributed by atoms with Crippen molar-refractivity contribution >= 4 is 11.9 Å². The van der Waals surface area contributed by atoms with Gasteiger partial charge in [-0.1, -0.05) is 0 Å². The number of carboxylic acids is 1. The molecular weight excluding hydrogens is 196 g/mol. The van der Waals surface area contributed by atoms with Crippen LogP contribution in [0, 0.1) is 0 Å². The summed E-state index contributed by atoms with van der Waals surface area (Å²) >= 11 is 0. The van der Waals surface area contributed by atoms with Gasteiger partial charge in [0, 0.05) is 32.6 Å². The smallest absolute Gasteiger partial charge is 0.322 e. The highest BCUT2D eigenvalue weighted by Crippen LogP contribution is 2.13. The Labute approximate surface area is 89.7 Å². The molecule has 1 atom stereocenters. The molecule has 0 aliphatic carbocycles. The van der Waals surface area contributed by atoms with Crippen LogP contribution in [0.1, 0.15) is 20.8 Å². The standard InChI is InChI=1S/C10H18N2O3/c1-7(2)12-5-4-11(8(3)13)6-9(12)10(14)15/h7,9H,4-6H2,1-3H3,(H,14,15). The quantitative estimate of drug-likeness (QED) is 0.703. The number of carboxylic acid groups (broad SMARTS) is 1. The molecule has 0 saturated carbocycles. The van der Waals surface area contributed by atoms with E-state index in [1.54, 1.807) is 4.90 Å². The molecule has 1 fully saturated rings. The van der Waals surface area contributed by atoms with Crippen molar-refractivity contribution in [3.63, 3.8) is 0 Å². The minimum atomic E-state index is -0.852. The van der Waals surface area contributed by atoms with Crippen LogP contribution in [-0.2, 0) is 9.59 Å². The molecule has 1 rings (SSSR count). The lowest BCUT2D eigenvalue weighted by Crippen LogP contribution is -2.59. The molecule has 0 aromatic rings. The zero-order chi connectivity index (χ0) is 11.6. The summed E-state index contributed by atoms with van der Waals surface area (Å²) in [5.41, 5.74) is 0. The average molecular weight is 214 g/mol. The van der Waals surface area contributed by atoms with E-state index in [-0.39, 0.29) is 11.9 Å². The first kappa shape index (κ1) is 12.0. The second-order valence-corrected chi connectivity index (χ2v) is 4.15. The first-order chi connectivity index (χ1) is 6.93. The Morgan fingerprint density at radius 1 is 1.33 bits per heavy atom. The van der Waals surface area contributed by atoms with Crippen LogP contribution in [0.25, 0.3) is 0 Å². The summed E-state index contributed by atoms with van der Waals surface area (Å²) in [5, 5.41) is 9.08. The third kappa shape index (κ3) is 2.68. The monoisotopic (exact) mass is 214 g/mol. The number of aliphatic carboxylic acids is 1. The van der Waals surface area contributed by atoms with Crippen molar-refractivity contribution in [3.05, 3.63) is 0 Å². The first-order valence-corrected chi connectivity index (χ1v) is 5.17. The van der Waals surface area contributed by atoms with E-state index >= 15 is 0 Å². The molecule has 0 bridgehead atoms. The largest absolute Gasteiger partial charge is 0.480 e. The van der Waals surface area contributed by atoms with Crippen molar-refractivity contribution in [2.45, 2.75) is 32.9 Å². The van der Waals surface area contributed by atoms with Gasteiger partial charge < -0.3 is 10.0 Å². The van der Waals surface area contributed by atoms with Gasteiger partial charge in [0.25, 0.3) is 0 Å². The number of nitrogens with zero attached hydrogens (tertiary/aromatic N) is 2. The average Bonchev–Trinajstić information content (AvgIpc) is 2.16. The van der Waals surface area contributed by atoms with Crippen LogP contribution < -0.4 is 0 Å². The second-order valence-electron chi connectivity index (χ2n) is 4.15. The highest BCUT2D eigenvalue weighted by molar-refractivity contribution is 5.77. The van der Waals surface area contributed by atoms with E-state index in [2.05, 4.69) is 0 Å². The topological polar surface area (TPSA) is 60.9 Å². The van der Waals surface area contributed by atoms with Gasteiger partial charge in [0.1, 0.15) is 6.04 Å². The maximum atomic E-state index is 11.2. The maximum Gasteiger partial charge on any atom is 0.322 e. The molecule has 0 radical (unpaired) electrons. The normalized spacial score (nSPS) is 23.2. The Morgan fingerprint density at radius 2 is 1.93 bits per heavy atom. The number of piperazine rings is 1. The van der Waals surface area contributed by atoms with Gasteiger partial charge in [0.15, 0.2) is 0 Å². The molecule has 0 spiro atoms. The van der Waals surface area contributed by atoms with Crippen LogP contribution in [0.3, 0.4) is 0 Å². The third-order valence-corrected chi connectivity index (χ3v) is 2.82. The fourth-order valence-electron chi connectivity index (χ4n) is 1.92. The van der Waals surface area contributed by atoms with Gasteiger partial charge in [-0.25, -0.2) is 0 Å². The molecule has 5 nitrogen and oxygen atoms in total. The van der Waals surface area contributed by atoms with E-state index in [4.69, 9.17) is 5.11 Å². The summed E-state index contributed by atoms with van der Waals surface area (Å²) in [6.45, 7) is 6.97. The molecule has 1 aliphatic heterocycles. The summed E-state index contributed by atoms with van der Waals surface area (Å²) in [7, 11) is 0. The van der Waals surface area contributed by atoms with E-state index in [0.29, 0.717) is 19.6 Å². The second kappa shape index (κ2) is 4.61. The summed E-state index contributed by atoms with van der Waals surface area (Å²) in [6, 6.07) is -0.372. The molecule has 1 aliphatic rings. The van der Waals surface area contributed by atoms with E-state index in [1.165, 1.54) is 6.92 Å². The fraction of sp³-hybridized carbons (Fsp3) is 0.800. The molecule has 1 N–H and O–H groups in total. The minimum Gasteiger partial charge on any atom is -0.480 e. The number of carbonyl (C=O) groups excluding carboxylic acids is 1. The number of amides is 1. The van der Waals surface area contributed by atoms with Crippen molar-refractivity contribution in [1.82, 2.24) is 9.80 Å². The Balaban J connectivity index is 2.73. The molecule has 1 amide bonds. The third-order valence-electron chi connectivity index (χ3n) is 2.82. The van der Waals surface area contributed by atoms with Crippen molar-refractivity contribution < 1.29 is 14.7 Å². The molecule has 1 saturated heterocycles. The Hall–Kier alpha value is -1.10. The van der Waals surface area contributed by atoms with Gasteiger partial charge in [-0.05, 0) is 13.8 Å². The van der Waals surface area contributed by atoms with Crippen molar-refractivity contribution in [2.75, 3.05) is 19.6 Å². The zero-order valence-electron chi connectivity index (χ0n) is 9.43.